The number of aryl methyl sites for hydroxylation is 1. The Kier molecular flexibility index (Phi) is 8.34. The van der Waals surface area contributed by atoms with Crippen molar-refractivity contribution in [3.63, 3.8) is 0 Å². The smallest absolute Gasteiger partial charge is 0.251 e. The lowest BCUT2D eigenvalue weighted by molar-refractivity contribution is -0.122. The number of rotatable bonds is 10. The topological polar surface area (TPSA) is 104 Å². The van der Waals surface area contributed by atoms with Gasteiger partial charge in [0.15, 0.2) is 0 Å². The van der Waals surface area contributed by atoms with Gasteiger partial charge >= 0.3 is 0 Å². The van der Waals surface area contributed by atoms with E-state index in [2.05, 4.69) is 15.4 Å². The highest BCUT2D eigenvalue weighted by molar-refractivity contribution is 7.89. The molecule has 3 aromatic carbocycles. The molecule has 0 saturated carbocycles. The van der Waals surface area contributed by atoms with E-state index in [0.29, 0.717) is 12.0 Å². The molecule has 3 rings (SSSR count). The van der Waals surface area contributed by atoms with Gasteiger partial charge in [-0.25, -0.2) is 13.1 Å². The first kappa shape index (κ1) is 24.2. The van der Waals surface area contributed by atoms with E-state index in [0.717, 1.165) is 11.1 Å². The first-order valence-electron chi connectivity index (χ1n) is 10.6. The fourth-order valence-corrected chi connectivity index (χ4v) is 4.22. The molecule has 0 aromatic heterocycles. The summed E-state index contributed by atoms with van der Waals surface area (Å²) in [4.78, 5) is 25.6. The first-order chi connectivity index (χ1) is 15.8. The second kappa shape index (κ2) is 11.4. The Bertz CT molecular complexity index is 1170. The van der Waals surface area contributed by atoms with E-state index in [1.54, 1.807) is 36.4 Å². The van der Waals surface area contributed by atoms with Crippen LogP contribution in [-0.2, 0) is 21.2 Å². The number of nitrogens with one attached hydrogen (secondary N) is 3. The van der Waals surface area contributed by atoms with Crippen LogP contribution in [-0.4, -0.2) is 39.4 Å². The van der Waals surface area contributed by atoms with Crippen molar-refractivity contribution in [2.24, 2.45) is 0 Å². The second-order valence-corrected chi connectivity index (χ2v) is 9.35. The number of benzene rings is 3. The summed E-state index contributed by atoms with van der Waals surface area (Å²) in [5, 5.41) is 5.49. The molecule has 3 aromatic rings. The van der Waals surface area contributed by atoms with Gasteiger partial charge in [0, 0.05) is 25.1 Å². The van der Waals surface area contributed by atoms with Crippen molar-refractivity contribution >= 4 is 21.8 Å². The Balaban J connectivity index is 1.59. The molecule has 0 radical (unpaired) electrons. The van der Waals surface area contributed by atoms with Crippen molar-refractivity contribution in [1.29, 1.82) is 0 Å². The largest absolute Gasteiger partial charge is 0.353 e. The molecule has 0 aliphatic carbocycles. The molecule has 1 atom stereocenters. The average Bonchev–Trinajstić information content (AvgIpc) is 2.82. The summed E-state index contributed by atoms with van der Waals surface area (Å²) in [6.07, 6.45) is 0.306. The third-order valence-corrected chi connectivity index (χ3v) is 6.46. The van der Waals surface area contributed by atoms with Gasteiger partial charge in [0.05, 0.1) is 4.90 Å². The lowest BCUT2D eigenvalue weighted by Gasteiger charge is -2.19. The number of hydrogen-bond donors (Lipinski definition) is 3. The van der Waals surface area contributed by atoms with Crippen molar-refractivity contribution in [2.75, 3.05) is 13.1 Å². The van der Waals surface area contributed by atoms with Crippen molar-refractivity contribution in [3.05, 3.63) is 102 Å². The second-order valence-electron chi connectivity index (χ2n) is 7.58. The van der Waals surface area contributed by atoms with Gasteiger partial charge in [0.1, 0.15) is 6.04 Å². The molecule has 0 aliphatic heterocycles. The van der Waals surface area contributed by atoms with E-state index >= 15 is 0 Å². The molecule has 0 saturated heterocycles. The third-order valence-electron chi connectivity index (χ3n) is 4.99. The summed E-state index contributed by atoms with van der Waals surface area (Å²) in [5.41, 5.74) is 2.31. The van der Waals surface area contributed by atoms with Crippen LogP contribution < -0.4 is 15.4 Å². The van der Waals surface area contributed by atoms with Crippen LogP contribution in [0.25, 0.3) is 0 Å². The minimum atomic E-state index is -3.67. The zero-order chi connectivity index (χ0) is 23.7. The third kappa shape index (κ3) is 7.27. The van der Waals surface area contributed by atoms with Crippen molar-refractivity contribution in [3.8, 4) is 0 Å². The zero-order valence-corrected chi connectivity index (χ0v) is 19.1. The predicted molar refractivity (Wildman–Crippen MR) is 127 cm³/mol. The van der Waals surface area contributed by atoms with Gasteiger partial charge in [-0.05, 0) is 36.8 Å². The maximum absolute atomic E-state index is 12.8. The quantitative estimate of drug-likeness (QED) is 0.400. The minimum Gasteiger partial charge on any atom is -0.353 e. The number of amides is 2. The van der Waals surface area contributed by atoms with Crippen LogP contribution in [0, 0.1) is 6.92 Å². The molecule has 1 unspecified atom stereocenters. The van der Waals surface area contributed by atoms with Crippen LogP contribution in [0.5, 0.6) is 0 Å². The fourth-order valence-electron chi connectivity index (χ4n) is 3.19. The highest BCUT2D eigenvalue weighted by atomic mass is 32.2. The molecule has 7 nitrogen and oxygen atoms in total. The van der Waals surface area contributed by atoms with Crippen LogP contribution in [0.15, 0.2) is 89.8 Å². The highest BCUT2D eigenvalue weighted by Gasteiger charge is 2.22. The maximum Gasteiger partial charge on any atom is 0.251 e. The molecular weight excluding hydrogens is 438 g/mol. The van der Waals surface area contributed by atoms with E-state index < -0.39 is 22.0 Å². The lowest BCUT2D eigenvalue weighted by Crippen LogP contribution is -2.49. The normalized spacial score (nSPS) is 12.0. The van der Waals surface area contributed by atoms with Crippen molar-refractivity contribution in [2.45, 2.75) is 24.3 Å². The van der Waals surface area contributed by atoms with E-state index in [4.69, 9.17) is 0 Å². The zero-order valence-electron chi connectivity index (χ0n) is 18.3. The maximum atomic E-state index is 12.8. The molecule has 0 spiro atoms. The summed E-state index contributed by atoms with van der Waals surface area (Å²) in [6, 6.07) is 23.7. The van der Waals surface area contributed by atoms with Crippen LogP contribution >= 0.6 is 0 Å². The molecule has 0 bridgehead atoms. The molecule has 3 N–H and O–H groups in total. The lowest BCUT2D eigenvalue weighted by atomic mass is 10.0. The SMILES string of the molecule is Cc1ccc(S(=O)(=O)NCCNC(=O)C(Cc2ccccc2)NC(=O)c2ccccc2)cc1. The Morgan fingerprint density at radius 2 is 1.42 bits per heavy atom. The first-order valence-corrected chi connectivity index (χ1v) is 12.1. The molecular formula is C25H27N3O4S. The van der Waals surface area contributed by atoms with Crippen molar-refractivity contribution < 1.29 is 18.0 Å². The molecule has 0 fully saturated rings. The van der Waals surface area contributed by atoms with Gasteiger partial charge < -0.3 is 10.6 Å². The monoisotopic (exact) mass is 465 g/mol. The van der Waals surface area contributed by atoms with Gasteiger partial charge in [0.25, 0.3) is 5.91 Å². The Hall–Kier alpha value is -3.49. The van der Waals surface area contributed by atoms with Gasteiger partial charge in [-0.15, -0.1) is 0 Å². The van der Waals surface area contributed by atoms with Crippen LogP contribution in [0.4, 0.5) is 0 Å². The highest BCUT2D eigenvalue weighted by Crippen LogP contribution is 2.09. The number of sulfonamides is 1. The average molecular weight is 466 g/mol. The summed E-state index contributed by atoms with van der Waals surface area (Å²) < 4.78 is 27.2. The number of carbonyl (C=O) groups is 2. The van der Waals surface area contributed by atoms with E-state index in [-0.39, 0.29) is 23.9 Å². The summed E-state index contributed by atoms with van der Waals surface area (Å²) in [7, 11) is -3.67. The van der Waals surface area contributed by atoms with Crippen LogP contribution in [0.1, 0.15) is 21.5 Å². The number of carbonyl (C=O) groups excluding carboxylic acids is 2. The summed E-state index contributed by atoms with van der Waals surface area (Å²) >= 11 is 0. The standard InChI is InChI=1S/C25H27N3O4S/c1-19-12-14-22(15-13-19)33(31,32)27-17-16-26-25(30)23(18-20-8-4-2-5-9-20)28-24(29)21-10-6-3-7-11-21/h2-15,23,27H,16-18H2,1H3,(H,26,30)(H,28,29). The Morgan fingerprint density at radius 3 is 2.06 bits per heavy atom. The Labute approximate surface area is 194 Å². The molecule has 172 valence electrons. The van der Waals surface area contributed by atoms with Gasteiger partial charge in [-0.1, -0.05) is 66.2 Å². The molecule has 33 heavy (non-hydrogen) atoms. The molecule has 8 heteroatoms. The van der Waals surface area contributed by atoms with E-state index in [1.165, 1.54) is 12.1 Å². The fraction of sp³-hybridized carbons (Fsp3) is 0.200. The number of hydrogen-bond acceptors (Lipinski definition) is 4. The minimum absolute atomic E-state index is 0.0205. The van der Waals surface area contributed by atoms with Gasteiger partial charge in [-0.2, -0.15) is 0 Å². The van der Waals surface area contributed by atoms with E-state index in [9.17, 15) is 18.0 Å². The molecule has 0 aliphatic rings. The predicted octanol–water partition coefficient (Wildman–Crippen LogP) is 2.43. The van der Waals surface area contributed by atoms with Crippen LogP contribution in [0.2, 0.25) is 0 Å². The summed E-state index contributed by atoms with van der Waals surface area (Å²) in [6.45, 7) is 1.98. The van der Waals surface area contributed by atoms with Crippen molar-refractivity contribution in [1.82, 2.24) is 15.4 Å². The molecule has 0 heterocycles. The Morgan fingerprint density at radius 1 is 0.818 bits per heavy atom. The van der Waals surface area contributed by atoms with Gasteiger partial charge in [-0.3, -0.25) is 9.59 Å². The van der Waals surface area contributed by atoms with Crippen LogP contribution in [0.3, 0.4) is 0 Å². The summed E-state index contributed by atoms with van der Waals surface area (Å²) in [5.74, 6) is -0.746. The van der Waals surface area contributed by atoms with Gasteiger partial charge in [0.2, 0.25) is 15.9 Å². The molecule has 2 amide bonds. The van der Waals surface area contributed by atoms with E-state index in [1.807, 2.05) is 43.3 Å².